The van der Waals surface area contributed by atoms with Crippen LogP contribution >= 0.6 is 12.6 Å². The number of aliphatic imine (C=N–C) groups is 2. The van der Waals surface area contributed by atoms with E-state index in [0.29, 0.717) is 24.5 Å². The van der Waals surface area contributed by atoms with Crippen molar-refractivity contribution in [3.8, 4) is 0 Å². The third-order valence-corrected chi connectivity index (χ3v) is 3.05. The lowest BCUT2D eigenvalue weighted by Crippen LogP contribution is -2.37. The normalized spacial score (nSPS) is 13.4. The molecule has 7 heteroatoms. The second-order valence-corrected chi connectivity index (χ2v) is 4.56. The molecule has 0 bridgehead atoms. The number of aldehydes is 1. The molecular weight excluding hydrogens is 274 g/mol. The van der Waals surface area contributed by atoms with Crippen molar-refractivity contribution in [2.24, 2.45) is 15.7 Å². The Morgan fingerprint density at radius 1 is 1.55 bits per heavy atom. The van der Waals surface area contributed by atoms with Gasteiger partial charge in [0.2, 0.25) is 0 Å². The fourth-order valence-electron chi connectivity index (χ4n) is 1.64. The summed E-state index contributed by atoms with van der Waals surface area (Å²) in [5, 5.41) is 3.06. The van der Waals surface area contributed by atoms with Crippen LogP contribution in [0.25, 0.3) is 0 Å². The van der Waals surface area contributed by atoms with E-state index in [1.54, 1.807) is 25.2 Å². The van der Waals surface area contributed by atoms with Crippen LogP contribution in [0.5, 0.6) is 0 Å². The van der Waals surface area contributed by atoms with Crippen LogP contribution in [0.2, 0.25) is 0 Å². The first-order valence-corrected chi connectivity index (χ1v) is 6.54. The quantitative estimate of drug-likeness (QED) is 0.201. The van der Waals surface area contributed by atoms with E-state index in [0.717, 1.165) is 16.7 Å². The SMILES string of the molecule is CN=C(NC(C=O)CCN=CN)c1cc(N)ccc1S. The molecule has 1 rings (SSSR count). The summed E-state index contributed by atoms with van der Waals surface area (Å²) in [6.45, 7) is 0.467. The number of rotatable bonds is 6. The van der Waals surface area contributed by atoms with Gasteiger partial charge in [0.05, 0.1) is 12.4 Å². The van der Waals surface area contributed by atoms with Gasteiger partial charge in [-0.15, -0.1) is 12.6 Å². The van der Waals surface area contributed by atoms with Crippen molar-refractivity contribution in [2.75, 3.05) is 19.3 Å². The van der Waals surface area contributed by atoms with Crippen LogP contribution in [-0.2, 0) is 4.79 Å². The van der Waals surface area contributed by atoms with Crippen molar-refractivity contribution in [1.29, 1.82) is 0 Å². The van der Waals surface area contributed by atoms with E-state index in [2.05, 4.69) is 27.9 Å². The van der Waals surface area contributed by atoms with E-state index in [1.165, 1.54) is 6.34 Å². The van der Waals surface area contributed by atoms with E-state index >= 15 is 0 Å². The predicted octanol–water partition coefficient (Wildman–Crippen LogP) is 0.468. The summed E-state index contributed by atoms with van der Waals surface area (Å²) in [4.78, 5) is 19.9. The summed E-state index contributed by atoms with van der Waals surface area (Å²) >= 11 is 4.37. The molecule has 0 aromatic heterocycles. The number of hydrogen-bond donors (Lipinski definition) is 4. The zero-order valence-electron chi connectivity index (χ0n) is 11.3. The van der Waals surface area contributed by atoms with Crippen molar-refractivity contribution >= 4 is 36.8 Å². The third-order valence-electron chi connectivity index (χ3n) is 2.66. The number of nitrogens with one attached hydrogen (secondary N) is 1. The molecular formula is C13H19N5OS. The average molecular weight is 293 g/mol. The molecule has 0 heterocycles. The molecule has 0 aliphatic rings. The second kappa shape index (κ2) is 8.21. The Balaban J connectivity index is 2.85. The molecule has 0 saturated heterocycles. The zero-order valence-corrected chi connectivity index (χ0v) is 12.2. The van der Waals surface area contributed by atoms with E-state index < -0.39 is 6.04 Å². The molecule has 20 heavy (non-hydrogen) atoms. The predicted molar refractivity (Wildman–Crippen MR) is 85.7 cm³/mol. The molecule has 0 aliphatic carbocycles. The minimum atomic E-state index is -0.397. The Bertz CT molecular complexity index is 515. The molecule has 6 nitrogen and oxygen atoms in total. The highest BCUT2D eigenvalue weighted by Gasteiger charge is 2.13. The van der Waals surface area contributed by atoms with Crippen LogP contribution in [-0.4, -0.2) is 38.1 Å². The molecule has 1 atom stereocenters. The maximum atomic E-state index is 11.1. The van der Waals surface area contributed by atoms with Crippen LogP contribution in [0, 0.1) is 0 Å². The highest BCUT2D eigenvalue weighted by atomic mass is 32.1. The molecule has 1 aromatic rings. The fourth-order valence-corrected chi connectivity index (χ4v) is 1.89. The molecule has 0 amide bonds. The van der Waals surface area contributed by atoms with E-state index in [1.807, 2.05) is 0 Å². The molecule has 1 unspecified atom stereocenters. The van der Waals surface area contributed by atoms with Gasteiger partial charge in [0.1, 0.15) is 12.1 Å². The van der Waals surface area contributed by atoms with Gasteiger partial charge in [0, 0.05) is 29.7 Å². The molecule has 0 saturated carbocycles. The van der Waals surface area contributed by atoms with Crippen LogP contribution < -0.4 is 16.8 Å². The Kier molecular flexibility index (Phi) is 6.58. The van der Waals surface area contributed by atoms with Gasteiger partial charge >= 0.3 is 0 Å². The summed E-state index contributed by atoms with van der Waals surface area (Å²) in [5.41, 5.74) is 12.3. The van der Waals surface area contributed by atoms with Crippen molar-refractivity contribution in [3.63, 3.8) is 0 Å². The third kappa shape index (κ3) is 4.58. The van der Waals surface area contributed by atoms with Crippen molar-refractivity contribution in [2.45, 2.75) is 17.4 Å². The van der Waals surface area contributed by atoms with E-state index in [9.17, 15) is 4.79 Å². The summed E-state index contributed by atoms with van der Waals surface area (Å²) in [7, 11) is 1.64. The van der Waals surface area contributed by atoms with Gasteiger partial charge < -0.3 is 21.6 Å². The minimum Gasteiger partial charge on any atom is -0.399 e. The van der Waals surface area contributed by atoms with E-state index in [4.69, 9.17) is 11.5 Å². The summed E-state index contributed by atoms with van der Waals surface area (Å²) < 4.78 is 0. The van der Waals surface area contributed by atoms with Gasteiger partial charge in [-0.25, -0.2) is 0 Å². The maximum absolute atomic E-state index is 11.1. The number of amidine groups is 1. The highest BCUT2D eigenvalue weighted by Crippen LogP contribution is 2.17. The van der Waals surface area contributed by atoms with Gasteiger partial charge in [-0.1, -0.05) is 0 Å². The van der Waals surface area contributed by atoms with E-state index in [-0.39, 0.29) is 0 Å². The molecule has 108 valence electrons. The molecule has 1 aromatic carbocycles. The number of thiol groups is 1. The summed E-state index contributed by atoms with van der Waals surface area (Å²) in [6.07, 6.45) is 2.57. The molecule has 0 spiro atoms. The van der Waals surface area contributed by atoms with Crippen molar-refractivity contribution < 1.29 is 4.79 Å². The van der Waals surface area contributed by atoms with Crippen LogP contribution in [0.1, 0.15) is 12.0 Å². The number of nitrogens with two attached hydrogens (primary N) is 2. The Morgan fingerprint density at radius 2 is 2.30 bits per heavy atom. The average Bonchev–Trinajstić information content (AvgIpc) is 2.45. The van der Waals surface area contributed by atoms with Crippen molar-refractivity contribution in [3.05, 3.63) is 23.8 Å². The first kappa shape index (κ1) is 16.0. The van der Waals surface area contributed by atoms with Gasteiger partial charge in [0.25, 0.3) is 0 Å². The first-order valence-electron chi connectivity index (χ1n) is 6.09. The lowest BCUT2D eigenvalue weighted by molar-refractivity contribution is -0.109. The van der Waals surface area contributed by atoms with Crippen LogP contribution in [0.15, 0.2) is 33.1 Å². The second-order valence-electron chi connectivity index (χ2n) is 4.08. The monoisotopic (exact) mass is 293 g/mol. The van der Waals surface area contributed by atoms with Gasteiger partial charge in [-0.2, -0.15) is 0 Å². The number of benzene rings is 1. The van der Waals surface area contributed by atoms with Crippen molar-refractivity contribution in [1.82, 2.24) is 5.32 Å². The topological polar surface area (TPSA) is 106 Å². The largest absolute Gasteiger partial charge is 0.399 e. The standard InChI is InChI=1S/C13H19N5OS/c1-16-13(11-6-9(15)2-3-12(11)20)18-10(7-19)4-5-17-8-14/h2-3,6-8,10,20H,4-5,15H2,1H3,(H2,14,17)(H,16,18). The Labute approximate surface area is 123 Å². The molecule has 0 fully saturated rings. The molecule has 0 aliphatic heterocycles. The summed E-state index contributed by atoms with van der Waals surface area (Å²) in [5.74, 6) is 0.566. The van der Waals surface area contributed by atoms with Gasteiger partial charge in [-0.3, -0.25) is 9.98 Å². The molecule has 5 N–H and O–H groups in total. The number of hydrogen-bond acceptors (Lipinski definition) is 5. The van der Waals surface area contributed by atoms with Crippen LogP contribution in [0.3, 0.4) is 0 Å². The number of carbonyl (C=O) groups excluding carboxylic acids is 1. The summed E-state index contributed by atoms with van der Waals surface area (Å²) in [6, 6.07) is 4.91. The lowest BCUT2D eigenvalue weighted by atomic mass is 10.1. The van der Waals surface area contributed by atoms with Gasteiger partial charge in [0.15, 0.2) is 0 Å². The number of carbonyl (C=O) groups is 1. The Hall–Kier alpha value is -2.02. The zero-order chi connectivity index (χ0) is 15.0. The number of nitrogen functional groups attached to an aromatic ring is 1. The molecule has 0 radical (unpaired) electrons. The Morgan fingerprint density at radius 3 is 2.90 bits per heavy atom. The smallest absolute Gasteiger partial charge is 0.142 e. The lowest BCUT2D eigenvalue weighted by Gasteiger charge is -2.16. The fraction of sp³-hybridized carbons (Fsp3) is 0.308. The first-order chi connectivity index (χ1) is 9.62. The minimum absolute atomic E-state index is 0.397. The maximum Gasteiger partial charge on any atom is 0.142 e. The number of nitrogens with zero attached hydrogens (tertiary/aromatic N) is 2. The van der Waals surface area contributed by atoms with Gasteiger partial charge in [-0.05, 0) is 24.6 Å². The highest BCUT2D eigenvalue weighted by molar-refractivity contribution is 7.80. The van der Waals surface area contributed by atoms with Crippen LogP contribution in [0.4, 0.5) is 5.69 Å². The number of anilines is 1.